The Morgan fingerprint density at radius 1 is 1.35 bits per heavy atom. The van der Waals surface area contributed by atoms with Gasteiger partial charge in [0, 0.05) is 13.0 Å². The number of aliphatic hydroxyl groups is 1. The molecule has 1 aliphatic rings. The first kappa shape index (κ1) is 13.6. The summed E-state index contributed by atoms with van der Waals surface area (Å²) in [6.07, 6.45) is 6.40. The number of hydrogen-bond donors (Lipinski definition) is 1. The molecule has 1 atom stereocenters. The number of para-hydroxylation sites is 2. The Bertz CT molecular complexity index is 571. The maximum atomic E-state index is 10.3. The van der Waals surface area contributed by atoms with Crippen LogP contribution in [0.4, 0.5) is 0 Å². The van der Waals surface area contributed by atoms with Gasteiger partial charge in [0.15, 0.2) is 0 Å². The third-order valence-electron chi connectivity index (χ3n) is 4.43. The van der Waals surface area contributed by atoms with Crippen LogP contribution in [0.15, 0.2) is 24.3 Å². The molecule has 0 aliphatic heterocycles. The van der Waals surface area contributed by atoms with Crippen LogP contribution in [0.2, 0.25) is 0 Å². The molecule has 108 valence electrons. The van der Waals surface area contributed by atoms with E-state index < -0.39 is 0 Å². The minimum absolute atomic E-state index is 0.243. The number of aliphatic hydroxyl groups excluding tert-OH is 1. The molecule has 1 saturated carbocycles. The average Bonchev–Trinajstić information content (AvgIpc) is 2.73. The highest BCUT2D eigenvalue weighted by atomic mass is 16.3. The number of aromatic nitrogens is 2. The predicted molar refractivity (Wildman–Crippen MR) is 81.7 cm³/mol. The van der Waals surface area contributed by atoms with Crippen LogP contribution in [0.1, 0.15) is 44.9 Å². The largest absolute Gasteiger partial charge is 0.393 e. The van der Waals surface area contributed by atoms with Crippen molar-refractivity contribution in [3.63, 3.8) is 0 Å². The summed E-state index contributed by atoms with van der Waals surface area (Å²) in [7, 11) is 0. The minimum Gasteiger partial charge on any atom is -0.393 e. The second-order valence-corrected chi connectivity index (χ2v) is 6.06. The van der Waals surface area contributed by atoms with Gasteiger partial charge in [-0.05, 0) is 30.9 Å². The van der Waals surface area contributed by atoms with Crippen molar-refractivity contribution in [2.45, 2.75) is 58.1 Å². The van der Waals surface area contributed by atoms with Crippen molar-refractivity contribution in [2.24, 2.45) is 5.92 Å². The molecule has 0 saturated heterocycles. The van der Waals surface area contributed by atoms with Crippen LogP contribution in [0.3, 0.4) is 0 Å². The summed E-state index contributed by atoms with van der Waals surface area (Å²) in [6.45, 7) is 3.16. The number of benzene rings is 1. The van der Waals surface area contributed by atoms with Crippen LogP contribution < -0.4 is 0 Å². The molecule has 1 aromatic carbocycles. The summed E-state index contributed by atoms with van der Waals surface area (Å²) < 4.78 is 2.28. The quantitative estimate of drug-likeness (QED) is 0.873. The van der Waals surface area contributed by atoms with E-state index in [1.807, 2.05) is 6.07 Å². The Labute approximate surface area is 120 Å². The zero-order valence-corrected chi connectivity index (χ0v) is 12.3. The van der Waals surface area contributed by atoms with Crippen LogP contribution in [-0.4, -0.2) is 20.8 Å². The van der Waals surface area contributed by atoms with Crippen LogP contribution >= 0.6 is 0 Å². The maximum absolute atomic E-state index is 10.3. The van der Waals surface area contributed by atoms with Gasteiger partial charge in [-0.1, -0.05) is 38.3 Å². The van der Waals surface area contributed by atoms with Crippen LogP contribution in [-0.2, 0) is 13.0 Å². The van der Waals surface area contributed by atoms with Crippen molar-refractivity contribution in [1.29, 1.82) is 0 Å². The Balaban J connectivity index is 1.79. The fraction of sp³-hybridized carbons (Fsp3) is 0.588. The van der Waals surface area contributed by atoms with E-state index in [0.29, 0.717) is 6.42 Å². The normalized spacial score (nSPS) is 17.3. The molecule has 0 spiro atoms. The summed E-state index contributed by atoms with van der Waals surface area (Å²) in [4.78, 5) is 4.73. The first-order valence-electron chi connectivity index (χ1n) is 7.90. The monoisotopic (exact) mass is 272 g/mol. The van der Waals surface area contributed by atoms with Crippen molar-refractivity contribution >= 4 is 11.0 Å². The first-order chi connectivity index (χ1) is 9.78. The van der Waals surface area contributed by atoms with Gasteiger partial charge in [-0.15, -0.1) is 0 Å². The molecular weight excluding hydrogens is 248 g/mol. The number of nitrogens with zero attached hydrogens (tertiary/aromatic N) is 2. The number of rotatable bonds is 6. The highest BCUT2D eigenvalue weighted by Crippen LogP contribution is 2.31. The standard InChI is InChI=1S/C17H24N2O/c1-2-10-19-16-9-4-3-8-15(16)18-17(19)12-14(20)11-13-6-5-7-13/h3-4,8-9,13-14,20H,2,5-7,10-12H2,1H3. The zero-order chi connectivity index (χ0) is 13.9. The molecule has 0 amide bonds. The Morgan fingerprint density at radius 2 is 2.15 bits per heavy atom. The Kier molecular flexibility index (Phi) is 4.06. The summed E-state index contributed by atoms with van der Waals surface area (Å²) in [5.74, 6) is 1.79. The van der Waals surface area contributed by atoms with Crippen LogP contribution in [0, 0.1) is 5.92 Å². The van der Waals surface area contributed by atoms with Gasteiger partial charge in [0.2, 0.25) is 0 Å². The van der Waals surface area contributed by atoms with Gasteiger partial charge < -0.3 is 9.67 Å². The second kappa shape index (κ2) is 5.96. The van der Waals surface area contributed by atoms with E-state index in [1.165, 1.54) is 24.8 Å². The van der Waals surface area contributed by atoms with E-state index in [4.69, 9.17) is 4.98 Å². The molecule has 1 unspecified atom stereocenters. The van der Waals surface area contributed by atoms with Gasteiger partial charge in [0.05, 0.1) is 17.1 Å². The summed E-state index contributed by atoms with van der Waals surface area (Å²) in [6, 6.07) is 8.27. The fourth-order valence-corrected chi connectivity index (χ4v) is 3.16. The molecule has 3 rings (SSSR count). The summed E-state index contributed by atoms with van der Waals surface area (Å²) >= 11 is 0. The van der Waals surface area contributed by atoms with E-state index in [1.54, 1.807) is 0 Å². The van der Waals surface area contributed by atoms with Gasteiger partial charge in [-0.25, -0.2) is 4.98 Å². The van der Waals surface area contributed by atoms with Crippen molar-refractivity contribution in [1.82, 2.24) is 9.55 Å². The molecular formula is C17H24N2O. The lowest BCUT2D eigenvalue weighted by Crippen LogP contribution is -2.22. The van der Waals surface area contributed by atoms with Crippen molar-refractivity contribution in [2.75, 3.05) is 0 Å². The van der Waals surface area contributed by atoms with Crippen LogP contribution in [0.5, 0.6) is 0 Å². The van der Waals surface area contributed by atoms with Gasteiger partial charge in [0.25, 0.3) is 0 Å². The number of hydrogen-bond acceptors (Lipinski definition) is 2. The number of aryl methyl sites for hydroxylation is 1. The highest BCUT2D eigenvalue weighted by Gasteiger charge is 2.22. The van der Waals surface area contributed by atoms with Crippen LogP contribution in [0.25, 0.3) is 11.0 Å². The summed E-state index contributed by atoms with van der Waals surface area (Å²) in [5.41, 5.74) is 2.24. The average molecular weight is 272 g/mol. The molecule has 1 N–H and O–H groups in total. The predicted octanol–water partition coefficient (Wildman–Crippen LogP) is 3.54. The number of imidazole rings is 1. The topological polar surface area (TPSA) is 38.0 Å². The molecule has 0 radical (unpaired) electrons. The Morgan fingerprint density at radius 3 is 2.85 bits per heavy atom. The molecule has 3 nitrogen and oxygen atoms in total. The van der Waals surface area contributed by atoms with Crippen molar-refractivity contribution in [3.05, 3.63) is 30.1 Å². The first-order valence-corrected chi connectivity index (χ1v) is 7.90. The van der Waals surface area contributed by atoms with E-state index in [-0.39, 0.29) is 6.10 Å². The number of fused-ring (bicyclic) bond motifs is 1. The third-order valence-corrected chi connectivity index (χ3v) is 4.43. The second-order valence-electron chi connectivity index (χ2n) is 6.06. The lowest BCUT2D eigenvalue weighted by atomic mass is 9.81. The maximum Gasteiger partial charge on any atom is 0.112 e. The molecule has 1 aromatic heterocycles. The molecule has 1 fully saturated rings. The molecule has 1 aliphatic carbocycles. The van der Waals surface area contributed by atoms with Crippen molar-refractivity contribution < 1.29 is 5.11 Å². The van der Waals surface area contributed by atoms with E-state index in [9.17, 15) is 5.11 Å². The van der Waals surface area contributed by atoms with E-state index in [0.717, 1.165) is 36.6 Å². The Hall–Kier alpha value is -1.35. The van der Waals surface area contributed by atoms with Gasteiger partial charge in [-0.2, -0.15) is 0 Å². The SMILES string of the molecule is CCCn1c(CC(O)CC2CCC2)nc2ccccc21. The molecule has 0 bridgehead atoms. The third kappa shape index (κ3) is 2.73. The van der Waals surface area contributed by atoms with Crippen molar-refractivity contribution in [3.8, 4) is 0 Å². The molecule has 2 aromatic rings. The molecule has 20 heavy (non-hydrogen) atoms. The van der Waals surface area contributed by atoms with Gasteiger partial charge >= 0.3 is 0 Å². The highest BCUT2D eigenvalue weighted by molar-refractivity contribution is 5.75. The zero-order valence-electron chi connectivity index (χ0n) is 12.3. The molecule has 3 heteroatoms. The molecule has 1 heterocycles. The minimum atomic E-state index is -0.243. The smallest absolute Gasteiger partial charge is 0.112 e. The van der Waals surface area contributed by atoms with E-state index >= 15 is 0 Å². The lowest BCUT2D eigenvalue weighted by molar-refractivity contribution is 0.115. The van der Waals surface area contributed by atoms with E-state index in [2.05, 4.69) is 29.7 Å². The summed E-state index contributed by atoms with van der Waals surface area (Å²) in [5, 5.41) is 10.3. The fourth-order valence-electron chi connectivity index (χ4n) is 3.16. The van der Waals surface area contributed by atoms with Gasteiger partial charge in [0.1, 0.15) is 5.82 Å². The van der Waals surface area contributed by atoms with Gasteiger partial charge in [-0.3, -0.25) is 0 Å². The lowest BCUT2D eigenvalue weighted by Gasteiger charge is -2.27.